The van der Waals surface area contributed by atoms with Gasteiger partial charge in [-0.2, -0.15) is 0 Å². The average molecular weight is 671 g/mol. The van der Waals surface area contributed by atoms with Crippen molar-refractivity contribution in [3.05, 3.63) is 0 Å². The first-order valence-electron chi connectivity index (χ1n) is 18.0. The fraction of sp³-hybridized carbons (Fsp3) is 0.972. The molecule has 0 bridgehead atoms. The molecule has 0 spiro atoms. The largest absolute Gasteiger partial charge is 0.432 e. The lowest BCUT2D eigenvalue weighted by Gasteiger charge is -2.68. The van der Waals surface area contributed by atoms with Crippen LogP contribution in [0.25, 0.3) is 0 Å². The highest BCUT2D eigenvalue weighted by Gasteiger charge is 2.71. The smallest absolute Gasteiger partial charge is 0.317 e. The van der Waals surface area contributed by atoms with Gasteiger partial charge >= 0.3 is 5.97 Å². The van der Waals surface area contributed by atoms with Crippen LogP contribution < -0.4 is 0 Å². The van der Waals surface area contributed by atoms with E-state index in [1.54, 1.807) is 20.8 Å². The number of esters is 1. The molecule has 5 rings (SSSR count). The lowest BCUT2D eigenvalue weighted by Crippen LogP contribution is -2.68. The van der Waals surface area contributed by atoms with Crippen LogP contribution >= 0.6 is 0 Å². The summed E-state index contributed by atoms with van der Waals surface area (Å²) in [6.45, 7) is 13.5. The maximum atomic E-state index is 14.1. The Bertz CT molecular complexity index is 1140. The van der Waals surface area contributed by atoms with Crippen molar-refractivity contribution in [3.8, 4) is 0 Å². The van der Waals surface area contributed by atoms with E-state index in [4.69, 9.17) is 9.47 Å². The number of carbonyl (C=O) groups is 1. The van der Waals surface area contributed by atoms with E-state index in [1.807, 2.05) is 0 Å². The van der Waals surface area contributed by atoms with Gasteiger partial charge in [-0.15, -0.1) is 0 Å². The van der Waals surface area contributed by atoms with Gasteiger partial charge in [0.15, 0.2) is 0 Å². The first-order chi connectivity index (χ1) is 21.7. The second-order valence-corrected chi connectivity index (χ2v) is 17.6. The molecule has 4 aliphatic carbocycles. The van der Waals surface area contributed by atoms with Gasteiger partial charge < -0.3 is 50.3 Å². The Labute approximate surface area is 279 Å². The topological polar surface area (TPSA) is 197 Å². The summed E-state index contributed by atoms with van der Waals surface area (Å²) in [5.74, 6) is 0.0122. The van der Waals surface area contributed by atoms with E-state index < -0.39 is 83.9 Å². The number of fused-ring (bicyclic) bond motifs is 5. The zero-order valence-electron chi connectivity index (χ0n) is 29.4. The molecule has 1 saturated heterocycles. The molecule has 11 nitrogen and oxygen atoms in total. The predicted octanol–water partition coefficient (Wildman–Crippen LogP) is 1.87. The Hall–Kier alpha value is -0.890. The lowest BCUT2D eigenvalue weighted by atomic mass is 9.37. The van der Waals surface area contributed by atoms with Crippen molar-refractivity contribution in [2.75, 3.05) is 6.61 Å². The van der Waals surface area contributed by atoms with E-state index in [-0.39, 0.29) is 23.2 Å². The third-order valence-electron chi connectivity index (χ3n) is 15.2. The molecule has 0 aromatic rings. The Morgan fingerprint density at radius 1 is 0.872 bits per heavy atom. The lowest BCUT2D eigenvalue weighted by molar-refractivity contribution is -0.303. The summed E-state index contributed by atoms with van der Waals surface area (Å²) >= 11 is 0. The summed E-state index contributed by atoms with van der Waals surface area (Å²) in [5.41, 5.74) is -3.21. The molecule has 8 N–H and O–H groups in total. The molecule has 272 valence electrons. The number of aliphatic hydroxyl groups excluding tert-OH is 7. The third-order valence-corrected chi connectivity index (χ3v) is 15.2. The van der Waals surface area contributed by atoms with Crippen LogP contribution in [0.5, 0.6) is 0 Å². The van der Waals surface area contributed by atoms with Crippen LogP contribution in [0, 0.1) is 51.2 Å². The van der Waals surface area contributed by atoms with Crippen LogP contribution in [0.2, 0.25) is 0 Å². The number of carbonyl (C=O) groups excluding carboxylic acids is 1. The molecule has 5 fully saturated rings. The summed E-state index contributed by atoms with van der Waals surface area (Å²) in [6.07, 6.45) is -3.96. The maximum absolute atomic E-state index is 14.1. The van der Waals surface area contributed by atoms with Gasteiger partial charge in [-0.05, 0) is 113 Å². The van der Waals surface area contributed by atoms with Crippen LogP contribution in [0.1, 0.15) is 106 Å². The minimum Gasteiger partial charge on any atom is -0.432 e. The Morgan fingerprint density at radius 3 is 2.13 bits per heavy atom. The normalized spacial score (nSPS) is 51.3. The number of rotatable bonds is 8. The Balaban J connectivity index is 1.38. The third kappa shape index (κ3) is 5.62. The van der Waals surface area contributed by atoms with Gasteiger partial charge in [-0.3, -0.25) is 4.79 Å². The second kappa shape index (κ2) is 12.7. The Kier molecular flexibility index (Phi) is 10.1. The molecule has 0 amide bonds. The van der Waals surface area contributed by atoms with Crippen LogP contribution in [0.15, 0.2) is 0 Å². The number of hydrogen-bond donors (Lipinski definition) is 8. The quantitative estimate of drug-likeness (QED) is 0.176. The van der Waals surface area contributed by atoms with Gasteiger partial charge in [0.25, 0.3) is 0 Å². The van der Waals surface area contributed by atoms with Crippen molar-refractivity contribution >= 4 is 5.97 Å². The van der Waals surface area contributed by atoms with Gasteiger partial charge in [0.05, 0.1) is 35.9 Å². The van der Waals surface area contributed by atoms with Gasteiger partial charge in [0.2, 0.25) is 6.29 Å². The fourth-order valence-electron chi connectivity index (χ4n) is 11.8. The van der Waals surface area contributed by atoms with Gasteiger partial charge in [-0.1, -0.05) is 27.7 Å². The highest BCUT2D eigenvalue weighted by atomic mass is 16.7. The van der Waals surface area contributed by atoms with Crippen LogP contribution in [0.4, 0.5) is 0 Å². The molecular formula is C36H62O11. The van der Waals surface area contributed by atoms with Crippen molar-refractivity contribution < 1.29 is 55.1 Å². The molecule has 17 atom stereocenters. The van der Waals surface area contributed by atoms with E-state index in [0.29, 0.717) is 30.6 Å². The zero-order valence-corrected chi connectivity index (χ0v) is 29.4. The highest BCUT2D eigenvalue weighted by Crippen LogP contribution is 2.74. The molecule has 0 radical (unpaired) electrons. The molecule has 0 aromatic carbocycles. The fourth-order valence-corrected chi connectivity index (χ4v) is 11.8. The first kappa shape index (κ1) is 37.4. The van der Waals surface area contributed by atoms with Crippen molar-refractivity contribution in [2.45, 2.75) is 161 Å². The van der Waals surface area contributed by atoms with Crippen molar-refractivity contribution in [1.82, 2.24) is 0 Å². The molecular weight excluding hydrogens is 608 g/mol. The minimum atomic E-state index is -1.75. The van der Waals surface area contributed by atoms with Crippen LogP contribution in [-0.4, -0.2) is 108 Å². The molecule has 5 aliphatic rings. The standard InChI is InChI=1S/C36H62O11/c1-18(8-11-24(38)32(2,3)45)19-12-14-34(5)20-9-10-23-35(6,21(20)13-15-33(19,34)4)25(39)16-26(40)36(23,7)31(44)47-30-29(43)28(42)27(41)22(17-37)46-30/h18-30,37-43,45H,8-17H2,1-7H3/t18-,19-,20-,21+,22-,23+,24+,25+,26-,27-,28+,29-,30+,33-,34+,35-,36-/m0/s1. The number of aliphatic hydroxyl groups is 8. The van der Waals surface area contributed by atoms with Crippen molar-refractivity contribution in [3.63, 3.8) is 0 Å². The van der Waals surface area contributed by atoms with Crippen LogP contribution in [-0.2, 0) is 14.3 Å². The van der Waals surface area contributed by atoms with E-state index in [9.17, 15) is 45.6 Å². The van der Waals surface area contributed by atoms with E-state index in [1.165, 1.54) is 0 Å². The molecule has 1 aliphatic heterocycles. The maximum Gasteiger partial charge on any atom is 0.317 e. The molecule has 47 heavy (non-hydrogen) atoms. The minimum absolute atomic E-state index is 0.000705. The highest BCUT2D eigenvalue weighted by molar-refractivity contribution is 5.78. The Morgan fingerprint density at radius 2 is 1.51 bits per heavy atom. The summed E-state index contributed by atoms with van der Waals surface area (Å²) < 4.78 is 11.1. The summed E-state index contributed by atoms with van der Waals surface area (Å²) in [7, 11) is 0. The molecule has 0 aromatic heterocycles. The van der Waals surface area contributed by atoms with Gasteiger partial charge in [-0.25, -0.2) is 0 Å². The average Bonchev–Trinajstić information content (AvgIpc) is 3.29. The summed E-state index contributed by atoms with van der Waals surface area (Å²) in [6, 6.07) is 0. The van der Waals surface area contributed by atoms with E-state index in [0.717, 1.165) is 38.5 Å². The van der Waals surface area contributed by atoms with Crippen molar-refractivity contribution in [1.29, 1.82) is 0 Å². The molecule has 4 saturated carbocycles. The predicted molar refractivity (Wildman–Crippen MR) is 171 cm³/mol. The zero-order chi connectivity index (χ0) is 35.1. The van der Waals surface area contributed by atoms with E-state index in [2.05, 4.69) is 27.7 Å². The summed E-state index contributed by atoms with van der Waals surface area (Å²) in [5, 5.41) is 84.7. The molecule has 11 heteroatoms. The number of ether oxygens (including phenoxy) is 2. The molecule has 0 unspecified atom stereocenters. The SMILES string of the molecule is C[C@@H](CC[C@@H](O)C(C)(C)O)[C@@H]1CC[C@]2(C)[C@H]3CC[C@H]4[C@](C)(C(=O)O[C@H]5O[C@@H](CO)[C@H](O)[C@@H](O)[C@@H]5O)[C@@H](O)C[C@@H](O)[C@@]4(C)[C@@H]3CC[C@@]12C. The second-order valence-electron chi connectivity index (χ2n) is 17.6. The monoisotopic (exact) mass is 670 g/mol. The van der Waals surface area contributed by atoms with Crippen molar-refractivity contribution in [2.24, 2.45) is 51.2 Å². The first-order valence-corrected chi connectivity index (χ1v) is 18.0. The van der Waals surface area contributed by atoms with E-state index >= 15 is 0 Å². The van der Waals surface area contributed by atoms with Crippen LogP contribution in [0.3, 0.4) is 0 Å². The van der Waals surface area contributed by atoms with Gasteiger partial charge in [0, 0.05) is 11.8 Å². The molecule has 1 heterocycles. The van der Waals surface area contributed by atoms with Gasteiger partial charge in [0.1, 0.15) is 24.4 Å². The summed E-state index contributed by atoms with van der Waals surface area (Å²) in [4.78, 5) is 14.1. The number of hydrogen-bond acceptors (Lipinski definition) is 11.